The molecule has 2 aromatic carbocycles. The standard InChI is InChI=1S/C21H25N3O4/c1-4-28-20-10-8-17(9-11-20)23-21(27)12-13-24(16(3)26)19-7-5-6-18(14-19)22-15(2)25/h5-11,14H,4,12-13H2,1-3H3,(H,22,25)(H,23,27). The van der Waals surface area contributed by atoms with Gasteiger partial charge in [-0.05, 0) is 49.4 Å². The minimum atomic E-state index is -0.201. The molecule has 0 spiro atoms. The van der Waals surface area contributed by atoms with Gasteiger partial charge in [-0.1, -0.05) is 6.07 Å². The quantitative estimate of drug-likeness (QED) is 0.731. The highest BCUT2D eigenvalue weighted by atomic mass is 16.5. The van der Waals surface area contributed by atoms with E-state index in [2.05, 4.69) is 10.6 Å². The molecule has 7 heteroatoms. The molecule has 28 heavy (non-hydrogen) atoms. The van der Waals surface area contributed by atoms with E-state index in [9.17, 15) is 14.4 Å². The van der Waals surface area contributed by atoms with Crippen molar-refractivity contribution < 1.29 is 19.1 Å². The zero-order valence-corrected chi connectivity index (χ0v) is 16.3. The second-order valence-electron chi connectivity index (χ2n) is 6.16. The Hall–Kier alpha value is -3.35. The van der Waals surface area contributed by atoms with Gasteiger partial charge >= 0.3 is 0 Å². The Morgan fingerprint density at radius 3 is 2.29 bits per heavy atom. The van der Waals surface area contributed by atoms with E-state index < -0.39 is 0 Å². The van der Waals surface area contributed by atoms with Crippen molar-refractivity contribution in [2.75, 3.05) is 28.7 Å². The van der Waals surface area contributed by atoms with Gasteiger partial charge in [0.05, 0.1) is 6.61 Å². The minimum absolute atomic E-state index is 0.136. The summed E-state index contributed by atoms with van der Waals surface area (Å²) in [6, 6.07) is 14.1. The van der Waals surface area contributed by atoms with Crippen LogP contribution in [0, 0.1) is 0 Å². The SMILES string of the molecule is CCOc1ccc(NC(=O)CCN(C(C)=O)c2cccc(NC(C)=O)c2)cc1. The van der Waals surface area contributed by atoms with Gasteiger partial charge in [0.15, 0.2) is 0 Å². The summed E-state index contributed by atoms with van der Waals surface area (Å²) in [6.45, 7) is 5.57. The number of hydrogen-bond donors (Lipinski definition) is 2. The van der Waals surface area contributed by atoms with Crippen molar-refractivity contribution >= 4 is 34.8 Å². The van der Waals surface area contributed by atoms with Crippen molar-refractivity contribution in [3.63, 3.8) is 0 Å². The number of hydrogen-bond acceptors (Lipinski definition) is 4. The van der Waals surface area contributed by atoms with E-state index in [1.54, 1.807) is 48.5 Å². The Morgan fingerprint density at radius 2 is 1.68 bits per heavy atom. The first-order valence-electron chi connectivity index (χ1n) is 9.07. The van der Waals surface area contributed by atoms with Crippen LogP contribution in [0.15, 0.2) is 48.5 Å². The number of nitrogens with zero attached hydrogens (tertiary/aromatic N) is 1. The van der Waals surface area contributed by atoms with Crippen LogP contribution in [0.25, 0.3) is 0 Å². The first kappa shape index (κ1) is 21.0. The Labute approximate surface area is 164 Å². The van der Waals surface area contributed by atoms with E-state index in [4.69, 9.17) is 4.74 Å². The summed E-state index contributed by atoms with van der Waals surface area (Å²) >= 11 is 0. The molecule has 7 nitrogen and oxygen atoms in total. The van der Waals surface area contributed by atoms with Gasteiger partial charge in [-0.2, -0.15) is 0 Å². The van der Waals surface area contributed by atoms with Gasteiger partial charge in [-0.15, -0.1) is 0 Å². The van der Waals surface area contributed by atoms with Crippen LogP contribution in [0.1, 0.15) is 27.2 Å². The van der Waals surface area contributed by atoms with E-state index in [-0.39, 0.29) is 30.7 Å². The number of amides is 3. The molecular weight excluding hydrogens is 358 g/mol. The van der Waals surface area contributed by atoms with Gasteiger partial charge in [0, 0.05) is 43.9 Å². The predicted molar refractivity (Wildman–Crippen MR) is 110 cm³/mol. The maximum Gasteiger partial charge on any atom is 0.226 e. The Balaban J connectivity index is 1.98. The molecule has 2 aromatic rings. The monoisotopic (exact) mass is 383 g/mol. The van der Waals surface area contributed by atoms with Gasteiger partial charge in [-0.25, -0.2) is 0 Å². The fourth-order valence-corrected chi connectivity index (χ4v) is 2.66. The molecule has 0 bridgehead atoms. The highest BCUT2D eigenvalue weighted by molar-refractivity contribution is 5.96. The lowest BCUT2D eigenvalue weighted by atomic mass is 10.2. The van der Waals surface area contributed by atoms with Gasteiger partial charge in [0.25, 0.3) is 0 Å². The average Bonchev–Trinajstić information content (AvgIpc) is 2.63. The van der Waals surface area contributed by atoms with Crippen LogP contribution < -0.4 is 20.3 Å². The third-order valence-electron chi connectivity index (χ3n) is 3.87. The molecule has 0 saturated heterocycles. The highest BCUT2D eigenvalue weighted by Crippen LogP contribution is 2.21. The summed E-state index contributed by atoms with van der Waals surface area (Å²) in [7, 11) is 0. The van der Waals surface area contributed by atoms with Crippen molar-refractivity contribution in [3.05, 3.63) is 48.5 Å². The largest absolute Gasteiger partial charge is 0.494 e. The molecule has 0 aliphatic heterocycles. The second kappa shape index (κ2) is 10.1. The van der Waals surface area contributed by atoms with Crippen molar-refractivity contribution in [1.29, 1.82) is 0 Å². The fraction of sp³-hybridized carbons (Fsp3) is 0.286. The molecular formula is C21H25N3O4. The van der Waals surface area contributed by atoms with Gasteiger partial charge in [-0.3, -0.25) is 14.4 Å². The number of benzene rings is 2. The predicted octanol–water partition coefficient (Wildman–Crippen LogP) is 3.43. The summed E-state index contributed by atoms with van der Waals surface area (Å²) < 4.78 is 5.37. The summed E-state index contributed by atoms with van der Waals surface area (Å²) in [5, 5.41) is 5.49. The maximum absolute atomic E-state index is 12.3. The van der Waals surface area contributed by atoms with Gasteiger partial charge in [0.1, 0.15) is 5.75 Å². The normalized spacial score (nSPS) is 10.1. The molecule has 0 atom stereocenters. The van der Waals surface area contributed by atoms with E-state index in [0.717, 1.165) is 5.75 Å². The zero-order valence-electron chi connectivity index (χ0n) is 16.3. The van der Waals surface area contributed by atoms with Crippen LogP contribution in [-0.4, -0.2) is 30.9 Å². The van der Waals surface area contributed by atoms with Gasteiger partial charge < -0.3 is 20.3 Å². The molecule has 0 fully saturated rings. The lowest BCUT2D eigenvalue weighted by Crippen LogP contribution is -2.32. The second-order valence-corrected chi connectivity index (χ2v) is 6.16. The first-order chi connectivity index (χ1) is 13.4. The maximum atomic E-state index is 12.3. The molecule has 0 heterocycles. The first-order valence-corrected chi connectivity index (χ1v) is 9.07. The number of nitrogens with one attached hydrogen (secondary N) is 2. The van der Waals surface area contributed by atoms with Crippen molar-refractivity contribution in [1.82, 2.24) is 0 Å². The molecule has 148 valence electrons. The average molecular weight is 383 g/mol. The third-order valence-corrected chi connectivity index (χ3v) is 3.87. The molecule has 0 unspecified atom stereocenters. The smallest absolute Gasteiger partial charge is 0.226 e. The van der Waals surface area contributed by atoms with Crippen LogP contribution >= 0.6 is 0 Å². The number of ether oxygens (including phenoxy) is 1. The molecule has 0 aliphatic rings. The molecule has 0 aliphatic carbocycles. The van der Waals surface area contributed by atoms with E-state index >= 15 is 0 Å². The van der Waals surface area contributed by atoms with Crippen LogP contribution in [0.4, 0.5) is 17.1 Å². The Bertz CT molecular complexity index is 834. The van der Waals surface area contributed by atoms with E-state index in [1.165, 1.54) is 18.7 Å². The van der Waals surface area contributed by atoms with Crippen LogP contribution in [0.5, 0.6) is 5.75 Å². The number of anilines is 3. The lowest BCUT2D eigenvalue weighted by molar-refractivity contribution is -0.117. The van der Waals surface area contributed by atoms with Crippen LogP contribution in [0.3, 0.4) is 0 Å². The van der Waals surface area contributed by atoms with Crippen LogP contribution in [-0.2, 0) is 14.4 Å². The number of carbonyl (C=O) groups excluding carboxylic acids is 3. The highest BCUT2D eigenvalue weighted by Gasteiger charge is 2.14. The molecule has 0 aromatic heterocycles. The summed E-state index contributed by atoms with van der Waals surface area (Å²) in [4.78, 5) is 37.0. The Morgan fingerprint density at radius 1 is 0.964 bits per heavy atom. The summed E-state index contributed by atoms with van der Waals surface area (Å²) in [5.41, 5.74) is 1.87. The molecule has 2 N–H and O–H groups in total. The van der Waals surface area contributed by atoms with Gasteiger partial charge in [0.2, 0.25) is 17.7 Å². The fourth-order valence-electron chi connectivity index (χ4n) is 2.66. The van der Waals surface area contributed by atoms with Crippen molar-refractivity contribution in [2.24, 2.45) is 0 Å². The zero-order chi connectivity index (χ0) is 20.5. The van der Waals surface area contributed by atoms with E-state index in [0.29, 0.717) is 23.7 Å². The topological polar surface area (TPSA) is 87.7 Å². The Kier molecular flexibility index (Phi) is 7.56. The molecule has 2 rings (SSSR count). The van der Waals surface area contributed by atoms with Crippen LogP contribution in [0.2, 0.25) is 0 Å². The number of carbonyl (C=O) groups is 3. The molecule has 0 radical (unpaired) electrons. The lowest BCUT2D eigenvalue weighted by Gasteiger charge is -2.21. The van der Waals surface area contributed by atoms with Crippen molar-refractivity contribution in [2.45, 2.75) is 27.2 Å². The molecule has 0 saturated carbocycles. The summed E-state index contributed by atoms with van der Waals surface area (Å²) in [6.07, 6.45) is 0.136. The molecule has 3 amide bonds. The van der Waals surface area contributed by atoms with Crippen molar-refractivity contribution in [3.8, 4) is 5.75 Å². The number of rotatable bonds is 8. The summed E-state index contributed by atoms with van der Waals surface area (Å²) in [5.74, 6) is 0.158. The third kappa shape index (κ3) is 6.42. The minimum Gasteiger partial charge on any atom is -0.494 e. The van der Waals surface area contributed by atoms with E-state index in [1.807, 2.05) is 6.92 Å².